The number of aromatic nitrogens is 2. The number of anilines is 1. The van der Waals surface area contributed by atoms with E-state index in [1.54, 1.807) is 18.2 Å². The summed E-state index contributed by atoms with van der Waals surface area (Å²) in [4.78, 5) is 28.4. The number of rotatable bonds is 2. The monoisotopic (exact) mass is 269 g/mol. The van der Waals surface area contributed by atoms with E-state index in [1.165, 1.54) is 24.3 Å². The number of phenolic OH excluding ortho intramolecular Hbond substituents is 1. The average Bonchev–Trinajstić information content (AvgIpc) is 2.78. The number of hydrogen-bond acceptors (Lipinski definition) is 3. The third-order valence-corrected chi connectivity index (χ3v) is 2.90. The number of nitrogens with one attached hydrogen (secondary N) is 3. The summed E-state index contributed by atoms with van der Waals surface area (Å²) in [7, 11) is 0. The van der Waals surface area contributed by atoms with Gasteiger partial charge in [-0.3, -0.25) is 4.79 Å². The van der Waals surface area contributed by atoms with Gasteiger partial charge in [0, 0.05) is 11.3 Å². The smallest absolute Gasteiger partial charge is 0.323 e. The van der Waals surface area contributed by atoms with Crippen LogP contribution in [-0.2, 0) is 0 Å². The molecule has 1 aromatic heterocycles. The van der Waals surface area contributed by atoms with E-state index in [0.717, 1.165) is 0 Å². The lowest BCUT2D eigenvalue weighted by atomic mass is 10.2. The molecule has 0 fully saturated rings. The SMILES string of the molecule is O=C(Nc1ccc2[nH]c(=O)[nH]c2c1)c1ccc(O)cc1. The van der Waals surface area contributed by atoms with Gasteiger partial charge in [0.15, 0.2) is 0 Å². The fourth-order valence-electron chi connectivity index (χ4n) is 1.93. The summed E-state index contributed by atoms with van der Waals surface area (Å²) in [5.74, 6) is -0.185. The highest BCUT2D eigenvalue weighted by Crippen LogP contribution is 2.16. The fourth-order valence-corrected chi connectivity index (χ4v) is 1.93. The first kappa shape index (κ1) is 12.0. The average molecular weight is 269 g/mol. The number of amides is 1. The summed E-state index contributed by atoms with van der Waals surface area (Å²) in [5, 5.41) is 11.9. The molecule has 1 amide bonds. The van der Waals surface area contributed by atoms with Gasteiger partial charge in [-0.05, 0) is 42.5 Å². The molecular weight excluding hydrogens is 258 g/mol. The zero-order chi connectivity index (χ0) is 14.1. The van der Waals surface area contributed by atoms with Gasteiger partial charge in [0.2, 0.25) is 0 Å². The second kappa shape index (κ2) is 4.58. The third-order valence-electron chi connectivity index (χ3n) is 2.90. The van der Waals surface area contributed by atoms with Crippen molar-refractivity contribution in [3.05, 3.63) is 58.5 Å². The van der Waals surface area contributed by atoms with E-state index in [0.29, 0.717) is 22.3 Å². The van der Waals surface area contributed by atoms with E-state index in [4.69, 9.17) is 0 Å². The van der Waals surface area contributed by atoms with Crippen LogP contribution in [0, 0.1) is 0 Å². The maximum Gasteiger partial charge on any atom is 0.323 e. The van der Waals surface area contributed by atoms with Crippen molar-refractivity contribution >= 4 is 22.6 Å². The Hall–Kier alpha value is -3.02. The van der Waals surface area contributed by atoms with Crippen molar-refractivity contribution in [2.75, 3.05) is 5.32 Å². The van der Waals surface area contributed by atoms with E-state index in [-0.39, 0.29) is 17.3 Å². The minimum absolute atomic E-state index is 0.105. The normalized spacial score (nSPS) is 10.6. The second-order valence-electron chi connectivity index (χ2n) is 4.34. The molecule has 6 heteroatoms. The summed E-state index contributed by atoms with van der Waals surface area (Å²) < 4.78 is 0. The number of fused-ring (bicyclic) bond motifs is 1. The van der Waals surface area contributed by atoms with Crippen molar-refractivity contribution in [1.82, 2.24) is 9.97 Å². The summed E-state index contributed by atoms with van der Waals surface area (Å²) in [6.45, 7) is 0. The maximum atomic E-state index is 12.0. The van der Waals surface area contributed by atoms with E-state index >= 15 is 0 Å². The molecule has 0 bridgehead atoms. The van der Waals surface area contributed by atoms with Gasteiger partial charge in [-0.2, -0.15) is 0 Å². The number of phenols is 1. The summed E-state index contributed by atoms with van der Waals surface area (Å²) in [5.41, 5.74) is 2.02. The molecule has 0 aliphatic carbocycles. The van der Waals surface area contributed by atoms with Gasteiger partial charge in [-0.1, -0.05) is 0 Å². The van der Waals surface area contributed by atoms with Crippen LogP contribution in [0.5, 0.6) is 5.75 Å². The molecule has 0 unspecified atom stereocenters. The fraction of sp³-hybridized carbons (Fsp3) is 0. The number of imidazole rings is 1. The lowest BCUT2D eigenvalue weighted by Crippen LogP contribution is -2.11. The number of benzene rings is 2. The highest BCUT2D eigenvalue weighted by molar-refractivity contribution is 6.05. The Kier molecular flexibility index (Phi) is 2.76. The minimum atomic E-state index is -0.290. The van der Waals surface area contributed by atoms with Crippen LogP contribution in [-0.4, -0.2) is 21.0 Å². The molecule has 0 spiro atoms. The van der Waals surface area contributed by atoms with Crippen LogP contribution in [0.25, 0.3) is 11.0 Å². The Morgan fingerprint density at radius 1 is 1.00 bits per heavy atom. The standard InChI is InChI=1S/C14H11N3O3/c18-10-4-1-8(2-5-10)13(19)15-9-3-6-11-12(7-9)17-14(20)16-11/h1-7,18H,(H,15,19)(H2,16,17,20). The molecule has 4 N–H and O–H groups in total. The molecule has 3 aromatic rings. The van der Waals surface area contributed by atoms with Crippen LogP contribution in [0.4, 0.5) is 5.69 Å². The van der Waals surface area contributed by atoms with E-state index in [9.17, 15) is 14.7 Å². The van der Waals surface area contributed by atoms with Crippen LogP contribution in [0.1, 0.15) is 10.4 Å². The van der Waals surface area contributed by atoms with E-state index in [2.05, 4.69) is 15.3 Å². The molecule has 2 aromatic carbocycles. The zero-order valence-corrected chi connectivity index (χ0v) is 10.3. The van der Waals surface area contributed by atoms with E-state index in [1.807, 2.05) is 0 Å². The first-order valence-corrected chi connectivity index (χ1v) is 5.94. The molecule has 3 rings (SSSR count). The van der Waals surface area contributed by atoms with Crippen LogP contribution in [0.3, 0.4) is 0 Å². The number of H-pyrrole nitrogens is 2. The van der Waals surface area contributed by atoms with Crippen molar-refractivity contribution in [1.29, 1.82) is 0 Å². The highest BCUT2D eigenvalue weighted by atomic mass is 16.3. The van der Waals surface area contributed by atoms with Gasteiger partial charge >= 0.3 is 5.69 Å². The lowest BCUT2D eigenvalue weighted by molar-refractivity contribution is 0.102. The molecule has 0 radical (unpaired) electrons. The van der Waals surface area contributed by atoms with Crippen LogP contribution >= 0.6 is 0 Å². The number of aromatic amines is 2. The summed E-state index contributed by atoms with van der Waals surface area (Å²) in [6.07, 6.45) is 0. The van der Waals surface area contributed by atoms with Gasteiger partial charge in [-0.25, -0.2) is 4.79 Å². The van der Waals surface area contributed by atoms with Crippen LogP contribution in [0.2, 0.25) is 0 Å². The highest BCUT2D eigenvalue weighted by Gasteiger charge is 2.07. The Morgan fingerprint density at radius 3 is 2.45 bits per heavy atom. The first-order chi connectivity index (χ1) is 9.61. The van der Waals surface area contributed by atoms with Crippen molar-refractivity contribution in [3.8, 4) is 5.75 Å². The molecule has 0 atom stereocenters. The molecule has 0 aliphatic heterocycles. The van der Waals surface area contributed by atoms with Gasteiger partial charge < -0.3 is 20.4 Å². The largest absolute Gasteiger partial charge is 0.508 e. The molecule has 0 aliphatic rings. The Bertz CT molecular complexity index is 831. The van der Waals surface area contributed by atoms with Gasteiger partial charge in [0.25, 0.3) is 5.91 Å². The van der Waals surface area contributed by atoms with Crippen LogP contribution < -0.4 is 11.0 Å². The van der Waals surface area contributed by atoms with Crippen LogP contribution in [0.15, 0.2) is 47.3 Å². The quantitative estimate of drug-likeness (QED) is 0.571. The molecule has 100 valence electrons. The zero-order valence-electron chi connectivity index (χ0n) is 10.3. The Morgan fingerprint density at radius 2 is 1.70 bits per heavy atom. The molecular formula is C14H11N3O3. The van der Waals surface area contributed by atoms with Gasteiger partial charge in [0.05, 0.1) is 11.0 Å². The molecule has 0 saturated carbocycles. The number of carbonyl (C=O) groups excluding carboxylic acids is 1. The second-order valence-corrected chi connectivity index (χ2v) is 4.34. The summed E-state index contributed by atoms with van der Waals surface area (Å²) in [6, 6.07) is 11.0. The molecule has 20 heavy (non-hydrogen) atoms. The molecule has 0 saturated heterocycles. The predicted octanol–water partition coefficient (Wildman–Crippen LogP) is 1.81. The lowest BCUT2D eigenvalue weighted by Gasteiger charge is -2.05. The van der Waals surface area contributed by atoms with Crippen molar-refractivity contribution in [2.24, 2.45) is 0 Å². The third kappa shape index (κ3) is 2.26. The maximum absolute atomic E-state index is 12.0. The molecule has 1 heterocycles. The van der Waals surface area contributed by atoms with Crippen molar-refractivity contribution in [3.63, 3.8) is 0 Å². The molecule has 6 nitrogen and oxygen atoms in total. The van der Waals surface area contributed by atoms with Gasteiger partial charge in [0.1, 0.15) is 5.75 Å². The van der Waals surface area contributed by atoms with Gasteiger partial charge in [-0.15, -0.1) is 0 Å². The Labute approximate surface area is 113 Å². The number of aromatic hydroxyl groups is 1. The predicted molar refractivity (Wildman–Crippen MR) is 75.0 cm³/mol. The minimum Gasteiger partial charge on any atom is -0.508 e. The topological polar surface area (TPSA) is 98.0 Å². The van der Waals surface area contributed by atoms with E-state index < -0.39 is 0 Å². The number of carbonyl (C=O) groups is 1. The van der Waals surface area contributed by atoms with Crippen molar-refractivity contribution < 1.29 is 9.90 Å². The summed E-state index contributed by atoms with van der Waals surface area (Å²) >= 11 is 0. The Balaban J connectivity index is 1.86. The van der Waals surface area contributed by atoms with Crippen molar-refractivity contribution in [2.45, 2.75) is 0 Å². The first-order valence-electron chi connectivity index (χ1n) is 5.94. The number of hydrogen-bond donors (Lipinski definition) is 4.